The number of phenolic OH excluding ortho intramolecular Hbond substituents is 1. The van der Waals surface area contributed by atoms with Crippen LogP contribution >= 0.6 is 0 Å². The van der Waals surface area contributed by atoms with Gasteiger partial charge in [-0.2, -0.15) is 0 Å². The van der Waals surface area contributed by atoms with Gasteiger partial charge in [-0.25, -0.2) is 9.97 Å². The number of phenols is 1. The molecule has 4 heteroatoms. The summed E-state index contributed by atoms with van der Waals surface area (Å²) in [6.07, 6.45) is 1.95. The van der Waals surface area contributed by atoms with Gasteiger partial charge in [-0.15, -0.1) is 0 Å². The third-order valence-corrected chi connectivity index (χ3v) is 10.2. The molecule has 1 N–H and O–H groups in total. The Morgan fingerprint density at radius 3 is 1.93 bits per heavy atom. The van der Waals surface area contributed by atoms with Crippen molar-refractivity contribution >= 4 is 38.7 Å². The van der Waals surface area contributed by atoms with Crippen LogP contribution in [0.4, 0.5) is 17.2 Å². The van der Waals surface area contributed by atoms with Crippen molar-refractivity contribution < 1.29 is 5.11 Å². The van der Waals surface area contributed by atoms with Gasteiger partial charge >= 0.3 is 0 Å². The molecule has 8 aromatic rings. The first kappa shape index (κ1) is 34.8. The monoisotopic (exact) mass is 703 g/mol. The van der Waals surface area contributed by atoms with Gasteiger partial charge in [-0.3, -0.25) is 4.90 Å². The molecule has 0 aliphatic rings. The minimum Gasteiger partial charge on any atom is -0.507 e. The SMILES string of the molecule is CC(C)(C)c1cc(-c2cc(-c3ccccc3)cc(-c3cccc(N(c4cc5ccccc5cn4)c4cccc5ccccc45)c3)n2)c(O)c(C(C)(C)C)c1. The summed E-state index contributed by atoms with van der Waals surface area (Å²) in [7, 11) is 0. The molecule has 0 saturated heterocycles. The first-order valence-electron chi connectivity index (χ1n) is 18.6. The van der Waals surface area contributed by atoms with Gasteiger partial charge in [0.05, 0.1) is 17.1 Å². The Bertz CT molecular complexity index is 2640. The quantitative estimate of drug-likeness (QED) is 0.187. The largest absolute Gasteiger partial charge is 0.507 e. The van der Waals surface area contributed by atoms with E-state index in [4.69, 9.17) is 9.97 Å². The fourth-order valence-electron chi connectivity index (χ4n) is 7.24. The number of hydrogen-bond acceptors (Lipinski definition) is 4. The number of aromatic nitrogens is 2. The van der Waals surface area contributed by atoms with Crippen molar-refractivity contribution in [2.45, 2.75) is 52.4 Å². The van der Waals surface area contributed by atoms with Gasteiger partial charge in [0.25, 0.3) is 0 Å². The molecule has 0 radical (unpaired) electrons. The molecule has 0 saturated carbocycles. The van der Waals surface area contributed by atoms with E-state index in [-0.39, 0.29) is 16.6 Å². The zero-order valence-electron chi connectivity index (χ0n) is 31.8. The Balaban J connectivity index is 1.35. The summed E-state index contributed by atoms with van der Waals surface area (Å²) in [6, 6.07) is 52.9. The Hall–Kier alpha value is -6.26. The smallest absolute Gasteiger partial charge is 0.138 e. The van der Waals surface area contributed by atoms with Crippen LogP contribution in [0.2, 0.25) is 0 Å². The number of nitrogens with zero attached hydrogens (tertiary/aromatic N) is 3. The lowest BCUT2D eigenvalue weighted by Gasteiger charge is -2.27. The van der Waals surface area contributed by atoms with Gasteiger partial charge in [0.2, 0.25) is 0 Å². The normalized spacial score (nSPS) is 12.0. The summed E-state index contributed by atoms with van der Waals surface area (Å²) in [4.78, 5) is 12.6. The molecule has 54 heavy (non-hydrogen) atoms. The first-order valence-corrected chi connectivity index (χ1v) is 18.6. The number of aromatic hydroxyl groups is 1. The van der Waals surface area contributed by atoms with E-state index in [1.54, 1.807) is 0 Å². The fraction of sp³-hybridized carbons (Fsp3) is 0.160. The average molecular weight is 704 g/mol. The summed E-state index contributed by atoms with van der Waals surface area (Å²) in [5.74, 6) is 1.10. The molecule has 2 aromatic heterocycles. The van der Waals surface area contributed by atoms with Gasteiger partial charge < -0.3 is 5.11 Å². The third-order valence-electron chi connectivity index (χ3n) is 10.2. The fourth-order valence-corrected chi connectivity index (χ4v) is 7.24. The molecule has 4 nitrogen and oxygen atoms in total. The van der Waals surface area contributed by atoms with E-state index >= 15 is 0 Å². The standard InChI is InChI=1S/C50H45N3O/c1-49(2,3)39-30-42(48(54)43(31-39)50(4,5)6)45-28-38(33-16-8-7-9-17-33)27-44(52-45)36-22-14-23-40(26-36)53(46-25-15-21-34-18-12-13-24-41(34)46)47-29-35-19-10-11-20-37(35)32-51-47/h7-32,54H,1-6H3. The van der Waals surface area contributed by atoms with Crippen molar-refractivity contribution in [2.75, 3.05) is 4.90 Å². The van der Waals surface area contributed by atoms with Crippen LogP contribution in [0.25, 0.3) is 55.2 Å². The maximum atomic E-state index is 12.0. The highest BCUT2D eigenvalue weighted by Crippen LogP contribution is 2.44. The van der Waals surface area contributed by atoms with E-state index in [1.165, 1.54) is 0 Å². The molecule has 0 unspecified atom stereocenters. The summed E-state index contributed by atoms with van der Waals surface area (Å²) in [5, 5.41) is 16.5. The van der Waals surface area contributed by atoms with Crippen LogP contribution in [-0.4, -0.2) is 15.1 Å². The summed E-state index contributed by atoms with van der Waals surface area (Å²) in [6.45, 7) is 13.1. The second-order valence-corrected chi connectivity index (χ2v) is 16.2. The van der Waals surface area contributed by atoms with Crippen molar-refractivity contribution in [1.29, 1.82) is 0 Å². The van der Waals surface area contributed by atoms with E-state index in [2.05, 4.69) is 186 Å². The van der Waals surface area contributed by atoms with Crippen LogP contribution in [0.5, 0.6) is 5.75 Å². The third kappa shape index (κ3) is 6.72. The molecule has 0 fully saturated rings. The molecule has 0 bridgehead atoms. The molecular weight excluding hydrogens is 659 g/mol. The van der Waals surface area contributed by atoms with Crippen molar-refractivity contribution in [1.82, 2.24) is 9.97 Å². The van der Waals surface area contributed by atoms with Crippen molar-refractivity contribution in [3.8, 4) is 39.4 Å². The Kier molecular flexibility index (Phi) is 8.78. The molecule has 0 aliphatic heterocycles. The molecule has 0 atom stereocenters. The number of anilines is 3. The van der Waals surface area contributed by atoms with Gasteiger partial charge in [-0.1, -0.05) is 151 Å². The van der Waals surface area contributed by atoms with Crippen LogP contribution in [-0.2, 0) is 10.8 Å². The number of hydrogen-bond donors (Lipinski definition) is 1. The van der Waals surface area contributed by atoms with Crippen molar-refractivity contribution in [3.63, 3.8) is 0 Å². The van der Waals surface area contributed by atoms with E-state index in [0.29, 0.717) is 0 Å². The lowest BCUT2D eigenvalue weighted by atomic mass is 9.78. The highest BCUT2D eigenvalue weighted by atomic mass is 16.3. The molecule has 266 valence electrons. The Labute approximate surface area is 318 Å². The minimum atomic E-state index is -0.268. The first-order chi connectivity index (χ1) is 25.9. The van der Waals surface area contributed by atoms with Crippen LogP contribution in [0.15, 0.2) is 158 Å². The maximum Gasteiger partial charge on any atom is 0.138 e. The lowest BCUT2D eigenvalue weighted by Crippen LogP contribution is -2.17. The van der Waals surface area contributed by atoms with E-state index in [1.807, 2.05) is 18.3 Å². The predicted molar refractivity (Wildman–Crippen MR) is 227 cm³/mol. The van der Waals surface area contributed by atoms with Gasteiger partial charge in [0.15, 0.2) is 0 Å². The molecule has 0 spiro atoms. The van der Waals surface area contributed by atoms with Gasteiger partial charge in [0.1, 0.15) is 11.6 Å². The lowest BCUT2D eigenvalue weighted by molar-refractivity contribution is 0.446. The molecule has 0 amide bonds. The number of pyridine rings is 2. The summed E-state index contributed by atoms with van der Waals surface area (Å²) >= 11 is 0. The number of rotatable bonds is 6. The van der Waals surface area contributed by atoms with E-state index in [0.717, 1.165) is 83.5 Å². The van der Waals surface area contributed by atoms with E-state index < -0.39 is 0 Å². The molecule has 0 aliphatic carbocycles. The van der Waals surface area contributed by atoms with Crippen LogP contribution in [0.1, 0.15) is 52.7 Å². The Morgan fingerprint density at radius 2 is 1.17 bits per heavy atom. The summed E-state index contributed by atoms with van der Waals surface area (Å²) in [5.41, 5.74) is 9.03. The number of benzene rings is 6. The van der Waals surface area contributed by atoms with Crippen LogP contribution < -0.4 is 4.90 Å². The van der Waals surface area contributed by atoms with Crippen LogP contribution in [0.3, 0.4) is 0 Å². The summed E-state index contributed by atoms with van der Waals surface area (Å²) < 4.78 is 0. The highest BCUT2D eigenvalue weighted by Gasteiger charge is 2.27. The highest BCUT2D eigenvalue weighted by molar-refractivity contribution is 5.99. The minimum absolute atomic E-state index is 0.126. The molecule has 6 aromatic carbocycles. The number of fused-ring (bicyclic) bond motifs is 2. The van der Waals surface area contributed by atoms with Crippen molar-refractivity contribution in [2.24, 2.45) is 0 Å². The molecular formula is C50H45N3O. The molecule has 8 rings (SSSR count). The Morgan fingerprint density at radius 1 is 0.519 bits per heavy atom. The topological polar surface area (TPSA) is 49.2 Å². The zero-order chi connectivity index (χ0) is 37.6. The van der Waals surface area contributed by atoms with Gasteiger partial charge in [-0.05, 0) is 80.8 Å². The zero-order valence-corrected chi connectivity index (χ0v) is 31.8. The van der Waals surface area contributed by atoms with Crippen LogP contribution in [0, 0.1) is 0 Å². The molecule has 2 heterocycles. The second kappa shape index (κ2) is 13.6. The maximum absolute atomic E-state index is 12.0. The predicted octanol–water partition coefficient (Wildman–Crippen LogP) is 13.6. The average Bonchev–Trinajstić information content (AvgIpc) is 3.17. The van der Waals surface area contributed by atoms with E-state index in [9.17, 15) is 5.11 Å². The van der Waals surface area contributed by atoms with Gasteiger partial charge in [0, 0.05) is 39.3 Å². The second-order valence-electron chi connectivity index (χ2n) is 16.2. The van der Waals surface area contributed by atoms with Crippen molar-refractivity contribution in [3.05, 3.63) is 169 Å².